The number of nitrogens with zero attached hydrogens (tertiary/aromatic N) is 2. The number of carbonyl (C=O) groups excluding carboxylic acids is 1. The Bertz CT molecular complexity index is 626. The van der Waals surface area contributed by atoms with Crippen molar-refractivity contribution in [3.63, 3.8) is 0 Å². The summed E-state index contributed by atoms with van der Waals surface area (Å²) in [6, 6.07) is 9.05. The van der Waals surface area contributed by atoms with Gasteiger partial charge in [0.25, 0.3) is 0 Å². The van der Waals surface area contributed by atoms with E-state index in [9.17, 15) is 13.2 Å². The van der Waals surface area contributed by atoms with Crippen LogP contribution in [0.5, 0.6) is 0 Å². The van der Waals surface area contributed by atoms with Gasteiger partial charge in [0.05, 0.1) is 5.75 Å². The maximum atomic E-state index is 12.5. The third-order valence-electron chi connectivity index (χ3n) is 4.25. The van der Waals surface area contributed by atoms with Crippen molar-refractivity contribution in [3.05, 3.63) is 35.9 Å². The SMILES string of the molecule is CN(C)C(C(=O)NCCS(=O)(=O)N1CCCCC1)c1ccccc1. The monoisotopic (exact) mass is 353 g/mol. The van der Waals surface area contributed by atoms with E-state index in [1.807, 2.05) is 49.3 Å². The first kappa shape index (κ1) is 18.9. The molecule has 134 valence electrons. The van der Waals surface area contributed by atoms with Crippen LogP contribution in [0.3, 0.4) is 0 Å². The maximum Gasteiger partial charge on any atom is 0.241 e. The van der Waals surface area contributed by atoms with Crippen molar-refractivity contribution in [2.24, 2.45) is 0 Å². The standard InChI is InChI=1S/C17H27N3O3S/c1-19(2)16(15-9-5-3-6-10-15)17(21)18-11-14-24(22,23)20-12-7-4-8-13-20/h3,5-6,9-10,16H,4,7-8,11-14H2,1-2H3,(H,18,21). The van der Waals surface area contributed by atoms with E-state index in [1.165, 1.54) is 0 Å². The summed E-state index contributed by atoms with van der Waals surface area (Å²) in [5.41, 5.74) is 0.888. The lowest BCUT2D eigenvalue weighted by Gasteiger charge is -2.26. The molecule has 7 heteroatoms. The van der Waals surface area contributed by atoms with E-state index in [2.05, 4.69) is 5.32 Å². The Kier molecular flexibility index (Phi) is 6.77. The molecule has 1 aromatic carbocycles. The minimum absolute atomic E-state index is 0.0479. The molecule has 0 radical (unpaired) electrons. The molecule has 1 aliphatic heterocycles. The Morgan fingerprint density at radius 2 is 1.79 bits per heavy atom. The summed E-state index contributed by atoms with van der Waals surface area (Å²) in [5, 5.41) is 2.77. The van der Waals surface area contributed by atoms with E-state index in [-0.39, 0.29) is 18.2 Å². The van der Waals surface area contributed by atoms with Gasteiger partial charge in [0.2, 0.25) is 15.9 Å². The van der Waals surface area contributed by atoms with Crippen molar-refractivity contribution in [1.82, 2.24) is 14.5 Å². The fourth-order valence-electron chi connectivity index (χ4n) is 2.99. The highest BCUT2D eigenvalue weighted by Gasteiger charge is 2.25. The smallest absolute Gasteiger partial charge is 0.241 e. The van der Waals surface area contributed by atoms with E-state index in [4.69, 9.17) is 0 Å². The lowest BCUT2D eigenvalue weighted by molar-refractivity contribution is -0.125. The van der Waals surface area contributed by atoms with Gasteiger partial charge in [0, 0.05) is 19.6 Å². The highest BCUT2D eigenvalue weighted by Crippen LogP contribution is 2.18. The molecular formula is C17H27N3O3S. The number of hydrogen-bond acceptors (Lipinski definition) is 4. The molecule has 1 aromatic rings. The van der Waals surface area contributed by atoms with Gasteiger partial charge in [-0.1, -0.05) is 36.8 Å². The molecule has 1 amide bonds. The molecule has 0 bridgehead atoms. The fraction of sp³-hybridized carbons (Fsp3) is 0.588. The van der Waals surface area contributed by atoms with Crippen LogP contribution < -0.4 is 5.32 Å². The number of benzene rings is 1. The van der Waals surface area contributed by atoms with Crippen molar-refractivity contribution in [1.29, 1.82) is 0 Å². The summed E-state index contributed by atoms with van der Waals surface area (Å²) >= 11 is 0. The van der Waals surface area contributed by atoms with Crippen LogP contribution in [-0.2, 0) is 14.8 Å². The lowest BCUT2D eigenvalue weighted by Crippen LogP contribution is -2.42. The van der Waals surface area contributed by atoms with Crippen LogP contribution in [0.4, 0.5) is 0 Å². The maximum absolute atomic E-state index is 12.5. The molecule has 1 saturated heterocycles. The zero-order valence-corrected chi connectivity index (χ0v) is 15.3. The molecule has 1 fully saturated rings. The van der Waals surface area contributed by atoms with Gasteiger partial charge in [-0.3, -0.25) is 9.69 Å². The first-order chi connectivity index (χ1) is 11.4. The number of carbonyl (C=O) groups is 1. The molecule has 1 unspecified atom stereocenters. The van der Waals surface area contributed by atoms with Crippen LogP contribution in [0, 0.1) is 0 Å². The minimum Gasteiger partial charge on any atom is -0.353 e. The summed E-state index contributed by atoms with van der Waals surface area (Å²) in [4.78, 5) is 14.3. The zero-order chi connectivity index (χ0) is 17.6. The second kappa shape index (κ2) is 8.60. The molecule has 0 aliphatic carbocycles. The van der Waals surface area contributed by atoms with E-state index in [1.54, 1.807) is 4.31 Å². The number of piperidine rings is 1. The molecule has 2 rings (SSSR count). The van der Waals surface area contributed by atoms with Crippen molar-refractivity contribution in [3.8, 4) is 0 Å². The molecule has 6 nitrogen and oxygen atoms in total. The van der Waals surface area contributed by atoms with Crippen LogP contribution in [0.1, 0.15) is 30.9 Å². The second-order valence-corrected chi connectivity index (χ2v) is 8.43. The average molecular weight is 353 g/mol. The quantitative estimate of drug-likeness (QED) is 0.800. The van der Waals surface area contributed by atoms with Crippen molar-refractivity contribution < 1.29 is 13.2 Å². The highest BCUT2D eigenvalue weighted by atomic mass is 32.2. The number of nitrogens with one attached hydrogen (secondary N) is 1. The minimum atomic E-state index is -3.28. The van der Waals surface area contributed by atoms with Gasteiger partial charge in [0.1, 0.15) is 6.04 Å². The first-order valence-corrected chi connectivity index (χ1v) is 9.99. The Balaban J connectivity index is 1.91. The van der Waals surface area contributed by atoms with E-state index < -0.39 is 16.1 Å². The van der Waals surface area contributed by atoms with E-state index >= 15 is 0 Å². The van der Waals surface area contributed by atoms with Crippen LogP contribution >= 0.6 is 0 Å². The Morgan fingerprint density at radius 3 is 2.38 bits per heavy atom. The van der Waals surface area contributed by atoms with Crippen LogP contribution in [0.25, 0.3) is 0 Å². The number of likely N-dealkylation sites (N-methyl/N-ethyl adjacent to an activating group) is 1. The normalized spacial score (nSPS) is 17.6. The lowest BCUT2D eigenvalue weighted by atomic mass is 10.1. The molecular weight excluding hydrogens is 326 g/mol. The average Bonchev–Trinajstić information content (AvgIpc) is 2.56. The number of hydrogen-bond donors (Lipinski definition) is 1. The molecule has 0 saturated carbocycles. The van der Waals surface area contributed by atoms with Gasteiger partial charge in [0.15, 0.2) is 0 Å². The number of rotatable bonds is 7. The molecule has 1 N–H and O–H groups in total. The van der Waals surface area contributed by atoms with Gasteiger partial charge in [-0.05, 0) is 32.5 Å². The number of sulfonamides is 1. The van der Waals surface area contributed by atoms with Crippen LogP contribution in [0.15, 0.2) is 30.3 Å². The van der Waals surface area contributed by atoms with Gasteiger partial charge in [-0.25, -0.2) is 12.7 Å². The molecule has 1 atom stereocenters. The summed E-state index contributed by atoms with van der Waals surface area (Å²) < 4.78 is 26.2. The summed E-state index contributed by atoms with van der Waals surface area (Å²) in [6.45, 7) is 1.33. The number of amides is 1. The van der Waals surface area contributed by atoms with Gasteiger partial charge >= 0.3 is 0 Å². The topological polar surface area (TPSA) is 69.7 Å². The molecule has 1 aliphatic rings. The Labute approximate surface area is 144 Å². The van der Waals surface area contributed by atoms with E-state index in [0.717, 1.165) is 24.8 Å². The summed E-state index contributed by atoms with van der Waals surface area (Å²) in [6.07, 6.45) is 2.93. The highest BCUT2D eigenvalue weighted by molar-refractivity contribution is 7.89. The first-order valence-electron chi connectivity index (χ1n) is 8.39. The third kappa shape index (κ3) is 5.03. The second-order valence-electron chi connectivity index (χ2n) is 6.34. The van der Waals surface area contributed by atoms with Gasteiger partial charge in [-0.15, -0.1) is 0 Å². The summed E-state index contributed by atoms with van der Waals surface area (Å²) in [7, 11) is 0.386. The Morgan fingerprint density at radius 1 is 1.17 bits per heavy atom. The largest absolute Gasteiger partial charge is 0.353 e. The predicted molar refractivity (Wildman–Crippen MR) is 95.1 cm³/mol. The van der Waals surface area contributed by atoms with Gasteiger partial charge in [-0.2, -0.15) is 0 Å². The molecule has 24 heavy (non-hydrogen) atoms. The molecule has 0 spiro atoms. The third-order valence-corrected chi connectivity index (χ3v) is 6.12. The van der Waals surface area contributed by atoms with Crippen molar-refractivity contribution >= 4 is 15.9 Å². The summed E-state index contributed by atoms with van der Waals surface area (Å²) in [5.74, 6) is -0.228. The van der Waals surface area contributed by atoms with Gasteiger partial charge < -0.3 is 5.32 Å². The fourth-order valence-corrected chi connectivity index (χ4v) is 4.42. The van der Waals surface area contributed by atoms with Crippen molar-refractivity contribution in [2.75, 3.05) is 39.5 Å². The van der Waals surface area contributed by atoms with E-state index in [0.29, 0.717) is 13.1 Å². The molecule has 0 aromatic heterocycles. The van der Waals surface area contributed by atoms with Crippen molar-refractivity contribution in [2.45, 2.75) is 25.3 Å². The molecule has 1 heterocycles. The Hall–Kier alpha value is -1.44. The van der Waals surface area contributed by atoms with Crippen LogP contribution in [-0.4, -0.2) is 63.0 Å². The predicted octanol–water partition coefficient (Wildman–Crippen LogP) is 1.22. The zero-order valence-electron chi connectivity index (χ0n) is 14.4. The van der Waals surface area contributed by atoms with Crippen LogP contribution in [0.2, 0.25) is 0 Å².